The first-order chi connectivity index (χ1) is 15.8. The predicted molar refractivity (Wildman–Crippen MR) is 127 cm³/mol. The van der Waals surface area contributed by atoms with Crippen LogP contribution >= 0.6 is 11.6 Å². The Morgan fingerprint density at radius 3 is 2.58 bits per heavy atom. The number of rotatable bonds is 10. The van der Waals surface area contributed by atoms with E-state index in [1.807, 2.05) is 54.1 Å². The third kappa shape index (κ3) is 6.06. The van der Waals surface area contributed by atoms with E-state index >= 15 is 0 Å². The summed E-state index contributed by atoms with van der Waals surface area (Å²) in [7, 11) is 2.93. The number of carbonyl (C=O) groups excluding carboxylic acids is 1. The first-order valence-electron chi connectivity index (χ1n) is 10.6. The molecule has 0 saturated carbocycles. The molecule has 0 aliphatic heterocycles. The summed E-state index contributed by atoms with van der Waals surface area (Å²) >= 11 is 6.33. The van der Waals surface area contributed by atoms with Crippen molar-refractivity contribution in [2.75, 3.05) is 20.8 Å². The number of nitrogens with zero attached hydrogens (tertiary/aromatic N) is 2. The molecule has 0 spiro atoms. The van der Waals surface area contributed by atoms with E-state index in [1.54, 1.807) is 27.0 Å². The van der Waals surface area contributed by atoms with Crippen LogP contribution in [0.15, 0.2) is 48.5 Å². The van der Waals surface area contributed by atoms with Gasteiger partial charge in [-0.05, 0) is 51.1 Å². The molecule has 8 heteroatoms. The maximum absolute atomic E-state index is 12.0. The Morgan fingerprint density at radius 1 is 1.12 bits per heavy atom. The van der Waals surface area contributed by atoms with Crippen molar-refractivity contribution in [2.45, 2.75) is 39.5 Å². The van der Waals surface area contributed by atoms with Gasteiger partial charge in [0, 0.05) is 16.1 Å². The first kappa shape index (κ1) is 24.6. The Hall–Kier alpha value is -3.03. The van der Waals surface area contributed by atoms with Crippen LogP contribution in [-0.2, 0) is 27.4 Å². The maximum atomic E-state index is 12.0. The van der Waals surface area contributed by atoms with E-state index in [4.69, 9.17) is 35.6 Å². The zero-order valence-electron chi connectivity index (χ0n) is 19.6. The maximum Gasteiger partial charge on any atom is 0.337 e. The summed E-state index contributed by atoms with van der Waals surface area (Å²) in [5, 5.41) is 5.31. The minimum atomic E-state index is -1.10. The van der Waals surface area contributed by atoms with Gasteiger partial charge in [-0.25, -0.2) is 4.79 Å². The van der Waals surface area contributed by atoms with E-state index < -0.39 is 11.6 Å². The number of para-hydroxylation sites is 1. The van der Waals surface area contributed by atoms with Gasteiger partial charge < -0.3 is 18.9 Å². The Labute approximate surface area is 199 Å². The quantitative estimate of drug-likeness (QED) is 0.381. The number of hydrogen-bond donors (Lipinski definition) is 0. The average molecular weight is 473 g/mol. The number of esters is 1. The number of aromatic nitrogens is 2. The molecule has 7 nitrogen and oxygen atoms in total. The monoisotopic (exact) mass is 472 g/mol. The van der Waals surface area contributed by atoms with Crippen molar-refractivity contribution in [3.63, 3.8) is 0 Å². The highest BCUT2D eigenvalue weighted by molar-refractivity contribution is 6.31. The lowest BCUT2D eigenvalue weighted by atomic mass is 10.1. The molecule has 0 amide bonds. The van der Waals surface area contributed by atoms with Crippen molar-refractivity contribution >= 4 is 17.6 Å². The fourth-order valence-electron chi connectivity index (χ4n) is 3.37. The molecule has 0 unspecified atom stereocenters. The van der Waals surface area contributed by atoms with E-state index in [0.29, 0.717) is 29.6 Å². The number of hydrogen-bond acceptors (Lipinski definition) is 6. The molecule has 0 aliphatic rings. The van der Waals surface area contributed by atoms with Gasteiger partial charge >= 0.3 is 5.97 Å². The number of halogens is 1. The molecule has 2 aromatic carbocycles. The van der Waals surface area contributed by atoms with Crippen molar-refractivity contribution in [3.8, 4) is 22.8 Å². The van der Waals surface area contributed by atoms with Crippen LogP contribution in [0, 0.1) is 0 Å². The zero-order chi connectivity index (χ0) is 24.0. The minimum absolute atomic E-state index is 0.132. The van der Waals surface area contributed by atoms with Crippen LogP contribution in [0.5, 0.6) is 11.5 Å². The second-order valence-electron chi connectivity index (χ2n) is 7.89. The Bertz CT molecular complexity index is 1110. The highest BCUT2D eigenvalue weighted by atomic mass is 35.5. The Balaban J connectivity index is 2.00. The molecular formula is C25H29ClN2O5. The lowest BCUT2D eigenvalue weighted by Crippen LogP contribution is -2.35. The predicted octanol–water partition coefficient (Wildman–Crippen LogP) is 5.13. The van der Waals surface area contributed by atoms with Crippen LogP contribution in [0.25, 0.3) is 11.3 Å². The van der Waals surface area contributed by atoms with E-state index in [1.165, 1.54) is 7.11 Å². The SMILES string of the molecule is CCOc1ccccc1Cn1nc(COC(C)(C)C(=O)OC)cc1-c1cc(Cl)cc(OC)c1. The first-order valence-corrected chi connectivity index (χ1v) is 11.0. The summed E-state index contributed by atoms with van der Waals surface area (Å²) in [6, 6.07) is 15.3. The summed E-state index contributed by atoms with van der Waals surface area (Å²) in [4.78, 5) is 12.0. The van der Waals surface area contributed by atoms with Gasteiger partial charge in [0.25, 0.3) is 0 Å². The third-order valence-corrected chi connectivity index (χ3v) is 5.30. The summed E-state index contributed by atoms with van der Waals surface area (Å²) in [5.41, 5.74) is 2.23. The lowest BCUT2D eigenvalue weighted by Gasteiger charge is -2.21. The summed E-state index contributed by atoms with van der Waals surface area (Å²) in [6.07, 6.45) is 0. The minimum Gasteiger partial charge on any atom is -0.497 e. The molecule has 176 valence electrons. The normalized spacial score (nSPS) is 11.3. The molecule has 0 N–H and O–H groups in total. The molecule has 0 fully saturated rings. The summed E-state index contributed by atoms with van der Waals surface area (Å²) < 4.78 is 23.7. The molecule has 1 aromatic heterocycles. The molecular weight excluding hydrogens is 444 g/mol. The third-order valence-electron chi connectivity index (χ3n) is 5.08. The van der Waals surface area contributed by atoms with Crippen molar-refractivity contribution < 1.29 is 23.7 Å². The number of methoxy groups -OCH3 is 2. The highest BCUT2D eigenvalue weighted by Gasteiger charge is 2.30. The van der Waals surface area contributed by atoms with E-state index in [2.05, 4.69) is 0 Å². The van der Waals surface area contributed by atoms with Gasteiger partial charge in [0.2, 0.25) is 0 Å². The van der Waals surface area contributed by atoms with Crippen molar-refractivity contribution in [1.82, 2.24) is 9.78 Å². The summed E-state index contributed by atoms with van der Waals surface area (Å²) in [6.45, 7) is 6.45. The summed E-state index contributed by atoms with van der Waals surface area (Å²) in [5.74, 6) is 0.992. The van der Waals surface area contributed by atoms with Crippen molar-refractivity contribution in [1.29, 1.82) is 0 Å². The van der Waals surface area contributed by atoms with Gasteiger partial charge in [-0.2, -0.15) is 5.10 Å². The molecule has 1 heterocycles. The van der Waals surface area contributed by atoms with E-state index in [9.17, 15) is 4.79 Å². The fraction of sp³-hybridized carbons (Fsp3) is 0.360. The van der Waals surface area contributed by atoms with Crippen LogP contribution in [0.3, 0.4) is 0 Å². The van der Waals surface area contributed by atoms with Crippen molar-refractivity contribution in [2.24, 2.45) is 0 Å². The van der Waals surface area contributed by atoms with Gasteiger partial charge in [-0.3, -0.25) is 4.68 Å². The van der Waals surface area contributed by atoms with Gasteiger partial charge in [-0.1, -0.05) is 29.8 Å². The molecule has 33 heavy (non-hydrogen) atoms. The molecule has 3 rings (SSSR count). The Kier molecular flexibility index (Phi) is 8.00. The van der Waals surface area contributed by atoms with Crippen molar-refractivity contribution in [3.05, 3.63) is 64.8 Å². The molecule has 0 radical (unpaired) electrons. The van der Waals surface area contributed by atoms with E-state index in [-0.39, 0.29) is 6.61 Å². The standard InChI is InChI=1S/C25H29ClN2O5/c1-6-32-23-10-8-7-9-17(23)15-28-22(18-11-19(26)13-21(12-18)30-4)14-20(27-28)16-33-25(2,3)24(29)31-5/h7-14H,6,15-16H2,1-5H3. The molecule has 0 saturated heterocycles. The number of carbonyl (C=O) groups is 1. The lowest BCUT2D eigenvalue weighted by molar-refractivity contribution is -0.166. The van der Waals surface area contributed by atoms with Gasteiger partial charge in [0.15, 0.2) is 5.60 Å². The average Bonchev–Trinajstić information content (AvgIpc) is 3.21. The van der Waals surface area contributed by atoms with Gasteiger partial charge in [0.05, 0.1) is 45.4 Å². The zero-order valence-corrected chi connectivity index (χ0v) is 20.3. The second-order valence-corrected chi connectivity index (χ2v) is 8.33. The molecule has 0 bridgehead atoms. The Morgan fingerprint density at radius 2 is 1.88 bits per heavy atom. The van der Waals surface area contributed by atoms with Crippen LogP contribution in [0.2, 0.25) is 5.02 Å². The second kappa shape index (κ2) is 10.7. The highest BCUT2D eigenvalue weighted by Crippen LogP contribution is 2.31. The fourth-order valence-corrected chi connectivity index (χ4v) is 3.60. The van der Waals surface area contributed by atoms with Crippen LogP contribution < -0.4 is 9.47 Å². The van der Waals surface area contributed by atoms with Crippen LogP contribution in [0.1, 0.15) is 32.0 Å². The number of ether oxygens (including phenoxy) is 4. The van der Waals surface area contributed by atoms with Gasteiger partial charge in [0.1, 0.15) is 11.5 Å². The molecule has 0 aliphatic carbocycles. The largest absolute Gasteiger partial charge is 0.497 e. The molecule has 0 atom stereocenters. The smallest absolute Gasteiger partial charge is 0.337 e. The molecule has 3 aromatic rings. The van der Waals surface area contributed by atoms with Crippen LogP contribution in [-0.4, -0.2) is 42.2 Å². The van der Waals surface area contributed by atoms with Crippen LogP contribution in [0.4, 0.5) is 0 Å². The van der Waals surface area contributed by atoms with E-state index in [0.717, 1.165) is 22.6 Å². The topological polar surface area (TPSA) is 71.8 Å². The van der Waals surface area contributed by atoms with Gasteiger partial charge in [-0.15, -0.1) is 0 Å². The number of benzene rings is 2.